The van der Waals surface area contributed by atoms with Crippen molar-refractivity contribution in [2.45, 2.75) is 44.3 Å². The van der Waals surface area contributed by atoms with E-state index in [2.05, 4.69) is 4.98 Å². The van der Waals surface area contributed by atoms with Crippen molar-refractivity contribution in [1.29, 1.82) is 0 Å². The van der Waals surface area contributed by atoms with Gasteiger partial charge in [0.05, 0.1) is 6.20 Å². The molecular weight excluding hydrogens is 289 g/mol. The zero-order valence-electron chi connectivity index (χ0n) is 11.1. The standard InChI is InChI=1S/C13H15F3N2O3/c14-13(15,16)10-7-18(11(19)6-17-10)9(12(20)21)5-8-3-1-2-4-8/h6-9H,1-5H2,(H,20,21). The van der Waals surface area contributed by atoms with E-state index >= 15 is 0 Å². The van der Waals surface area contributed by atoms with Crippen molar-refractivity contribution in [1.82, 2.24) is 9.55 Å². The zero-order valence-corrected chi connectivity index (χ0v) is 11.1. The third-order valence-corrected chi connectivity index (χ3v) is 3.77. The first-order valence-electron chi connectivity index (χ1n) is 6.67. The highest BCUT2D eigenvalue weighted by Gasteiger charge is 2.35. The summed E-state index contributed by atoms with van der Waals surface area (Å²) in [6.07, 6.45) is 0.115. The van der Waals surface area contributed by atoms with E-state index in [1.165, 1.54) is 0 Å². The minimum absolute atomic E-state index is 0.125. The van der Waals surface area contributed by atoms with Gasteiger partial charge < -0.3 is 5.11 Å². The summed E-state index contributed by atoms with van der Waals surface area (Å²) >= 11 is 0. The number of hydrogen-bond acceptors (Lipinski definition) is 3. The van der Waals surface area contributed by atoms with E-state index in [0.717, 1.165) is 25.7 Å². The molecule has 0 amide bonds. The van der Waals surface area contributed by atoms with Gasteiger partial charge in [-0.25, -0.2) is 9.78 Å². The molecule has 1 atom stereocenters. The number of carboxylic acid groups (broad SMARTS) is 1. The smallest absolute Gasteiger partial charge is 0.434 e. The Morgan fingerprint density at radius 1 is 1.43 bits per heavy atom. The summed E-state index contributed by atoms with van der Waals surface area (Å²) in [4.78, 5) is 26.1. The average Bonchev–Trinajstić information content (AvgIpc) is 2.88. The van der Waals surface area contributed by atoms with Gasteiger partial charge in [0, 0.05) is 6.20 Å². The van der Waals surface area contributed by atoms with Gasteiger partial charge in [-0.05, 0) is 12.3 Å². The lowest BCUT2D eigenvalue weighted by atomic mass is 9.98. The van der Waals surface area contributed by atoms with Crippen LogP contribution in [0.3, 0.4) is 0 Å². The molecule has 1 aliphatic rings. The van der Waals surface area contributed by atoms with Crippen LogP contribution in [-0.4, -0.2) is 20.6 Å². The molecule has 116 valence electrons. The van der Waals surface area contributed by atoms with Crippen LogP contribution in [-0.2, 0) is 11.0 Å². The predicted octanol–water partition coefficient (Wildman–Crippen LogP) is 2.47. The van der Waals surface area contributed by atoms with Crippen molar-refractivity contribution in [2.75, 3.05) is 0 Å². The van der Waals surface area contributed by atoms with Gasteiger partial charge in [0.1, 0.15) is 6.04 Å². The van der Waals surface area contributed by atoms with Gasteiger partial charge in [-0.3, -0.25) is 9.36 Å². The van der Waals surface area contributed by atoms with E-state index in [1.807, 2.05) is 0 Å². The fourth-order valence-electron chi connectivity index (χ4n) is 2.71. The number of carbonyl (C=O) groups is 1. The summed E-state index contributed by atoms with van der Waals surface area (Å²) in [5.74, 6) is -1.18. The second-order valence-electron chi connectivity index (χ2n) is 5.26. The first-order valence-corrected chi connectivity index (χ1v) is 6.67. The van der Waals surface area contributed by atoms with E-state index in [1.54, 1.807) is 0 Å². The number of alkyl halides is 3. The molecule has 1 aliphatic carbocycles. The van der Waals surface area contributed by atoms with E-state index in [0.29, 0.717) is 17.0 Å². The molecular formula is C13H15F3N2O3. The fraction of sp³-hybridized carbons (Fsp3) is 0.615. The summed E-state index contributed by atoms with van der Waals surface area (Å²) in [7, 11) is 0. The quantitative estimate of drug-likeness (QED) is 0.927. The van der Waals surface area contributed by atoms with Crippen LogP contribution in [0.15, 0.2) is 17.2 Å². The van der Waals surface area contributed by atoms with Crippen LogP contribution < -0.4 is 5.56 Å². The Morgan fingerprint density at radius 3 is 2.57 bits per heavy atom. The third kappa shape index (κ3) is 3.62. The summed E-state index contributed by atoms with van der Waals surface area (Å²) < 4.78 is 38.6. The summed E-state index contributed by atoms with van der Waals surface area (Å²) in [6.45, 7) is 0. The molecule has 1 fully saturated rings. The molecule has 0 aromatic carbocycles. The van der Waals surface area contributed by atoms with Crippen LogP contribution in [0.4, 0.5) is 13.2 Å². The second kappa shape index (κ2) is 5.87. The molecule has 1 unspecified atom stereocenters. The van der Waals surface area contributed by atoms with Crippen molar-refractivity contribution >= 4 is 5.97 Å². The first kappa shape index (κ1) is 15.5. The lowest BCUT2D eigenvalue weighted by Crippen LogP contribution is -2.32. The van der Waals surface area contributed by atoms with Crippen LogP contribution in [0.5, 0.6) is 0 Å². The van der Waals surface area contributed by atoms with E-state index in [-0.39, 0.29) is 12.3 Å². The van der Waals surface area contributed by atoms with Crippen LogP contribution in [0.1, 0.15) is 43.8 Å². The number of aliphatic carboxylic acids is 1. The maximum atomic E-state index is 12.6. The Kier molecular flexibility index (Phi) is 4.34. The minimum atomic E-state index is -4.72. The van der Waals surface area contributed by atoms with Gasteiger partial charge in [0.25, 0.3) is 5.56 Å². The largest absolute Gasteiger partial charge is 0.480 e. The molecule has 21 heavy (non-hydrogen) atoms. The van der Waals surface area contributed by atoms with Gasteiger partial charge in [-0.2, -0.15) is 13.2 Å². The normalized spacial score (nSPS) is 17.9. The lowest BCUT2D eigenvalue weighted by Gasteiger charge is -2.20. The zero-order chi connectivity index (χ0) is 15.6. The predicted molar refractivity (Wildman–Crippen MR) is 66.7 cm³/mol. The van der Waals surface area contributed by atoms with Crippen LogP contribution in [0, 0.1) is 5.92 Å². The molecule has 2 rings (SSSR count). The van der Waals surface area contributed by atoms with Gasteiger partial charge >= 0.3 is 12.1 Å². The first-order chi connectivity index (χ1) is 9.79. The molecule has 1 N–H and O–H groups in total. The SMILES string of the molecule is O=C(O)C(CC1CCCC1)n1cc(C(F)(F)F)ncc1=O. The number of halogens is 3. The van der Waals surface area contributed by atoms with Crippen molar-refractivity contribution in [3.05, 3.63) is 28.4 Å². The molecule has 0 aliphatic heterocycles. The fourth-order valence-corrected chi connectivity index (χ4v) is 2.71. The molecule has 1 heterocycles. The van der Waals surface area contributed by atoms with E-state index in [9.17, 15) is 27.9 Å². The van der Waals surface area contributed by atoms with Gasteiger partial charge in [-0.1, -0.05) is 25.7 Å². The lowest BCUT2D eigenvalue weighted by molar-refractivity contribution is -0.144. The minimum Gasteiger partial charge on any atom is -0.480 e. The monoisotopic (exact) mass is 304 g/mol. The van der Waals surface area contributed by atoms with Crippen molar-refractivity contribution in [3.63, 3.8) is 0 Å². The molecule has 1 aromatic heterocycles. The molecule has 0 spiro atoms. The number of aromatic nitrogens is 2. The highest BCUT2D eigenvalue weighted by atomic mass is 19.4. The maximum absolute atomic E-state index is 12.6. The molecule has 0 bridgehead atoms. The molecule has 0 saturated heterocycles. The summed E-state index contributed by atoms with van der Waals surface area (Å²) in [5.41, 5.74) is -2.10. The number of rotatable bonds is 4. The second-order valence-corrected chi connectivity index (χ2v) is 5.26. The van der Waals surface area contributed by atoms with Crippen molar-refractivity contribution in [3.8, 4) is 0 Å². The molecule has 0 radical (unpaired) electrons. The number of nitrogens with zero attached hydrogens (tertiary/aromatic N) is 2. The Hall–Kier alpha value is -1.86. The van der Waals surface area contributed by atoms with Gasteiger partial charge in [0.15, 0.2) is 5.69 Å². The van der Waals surface area contributed by atoms with Crippen molar-refractivity contribution < 1.29 is 23.1 Å². The van der Waals surface area contributed by atoms with Crippen LogP contribution in [0.25, 0.3) is 0 Å². The molecule has 5 nitrogen and oxygen atoms in total. The highest BCUT2D eigenvalue weighted by molar-refractivity contribution is 5.71. The van der Waals surface area contributed by atoms with Crippen molar-refractivity contribution in [2.24, 2.45) is 5.92 Å². The Morgan fingerprint density at radius 2 is 2.05 bits per heavy atom. The Labute approximate surface area is 118 Å². The number of carboxylic acids is 1. The third-order valence-electron chi connectivity index (χ3n) is 3.77. The topological polar surface area (TPSA) is 72.2 Å². The number of hydrogen-bond donors (Lipinski definition) is 1. The van der Waals surface area contributed by atoms with Gasteiger partial charge in [-0.15, -0.1) is 0 Å². The van der Waals surface area contributed by atoms with Gasteiger partial charge in [0.2, 0.25) is 0 Å². The van der Waals surface area contributed by atoms with Crippen LogP contribution >= 0.6 is 0 Å². The van der Waals surface area contributed by atoms with E-state index in [4.69, 9.17) is 0 Å². The Bertz CT molecular complexity index is 577. The average molecular weight is 304 g/mol. The molecule has 8 heteroatoms. The highest BCUT2D eigenvalue weighted by Crippen LogP contribution is 2.32. The molecule has 1 aromatic rings. The Balaban J connectivity index is 2.35. The summed E-state index contributed by atoms with van der Waals surface area (Å²) in [6, 6.07) is -1.29. The summed E-state index contributed by atoms with van der Waals surface area (Å²) in [5, 5.41) is 9.24. The molecule has 1 saturated carbocycles. The van der Waals surface area contributed by atoms with Crippen LogP contribution in [0.2, 0.25) is 0 Å². The maximum Gasteiger partial charge on any atom is 0.434 e. The van der Waals surface area contributed by atoms with E-state index < -0.39 is 29.4 Å².